The predicted molar refractivity (Wildman–Crippen MR) is 102 cm³/mol. The van der Waals surface area contributed by atoms with E-state index >= 15 is 0 Å². The van der Waals surface area contributed by atoms with E-state index < -0.39 is 25.7 Å². The molecule has 0 spiro atoms. The molecule has 1 heterocycles. The van der Waals surface area contributed by atoms with E-state index in [9.17, 15) is 23.3 Å². The monoisotopic (exact) mass is 409 g/mol. The van der Waals surface area contributed by atoms with Crippen molar-refractivity contribution in [2.75, 3.05) is 16.2 Å². The van der Waals surface area contributed by atoms with Gasteiger partial charge in [-0.3, -0.25) is 19.6 Å². The highest BCUT2D eigenvalue weighted by molar-refractivity contribution is 7.92. The molecule has 2 aromatic rings. The second kappa shape index (κ2) is 6.82. The van der Waals surface area contributed by atoms with E-state index in [2.05, 4.69) is 4.72 Å². The Balaban J connectivity index is 1.97. The number of carbonyl (C=O) groups is 1. The number of carbonyl (C=O) groups excluding carboxylic acids is 1. The maximum absolute atomic E-state index is 12.7. The fourth-order valence-electron chi connectivity index (χ4n) is 3.05. The first-order valence-corrected chi connectivity index (χ1v) is 9.84. The maximum atomic E-state index is 12.7. The zero-order valence-corrected chi connectivity index (χ0v) is 16.1. The number of sulfonamides is 1. The lowest BCUT2D eigenvalue weighted by Crippen LogP contribution is -2.25. The van der Waals surface area contributed by atoms with E-state index in [0.717, 1.165) is 11.3 Å². The van der Waals surface area contributed by atoms with Gasteiger partial charge in [0.2, 0.25) is 5.91 Å². The van der Waals surface area contributed by atoms with Crippen LogP contribution in [0.4, 0.5) is 17.1 Å². The summed E-state index contributed by atoms with van der Waals surface area (Å²) < 4.78 is 27.9. The number of nitrogens with one attached hydrogen (secondary N) is 1. The Morgan fingerprint density at radius 3 is 2.63 bits per heavy atom. The number of hydrogen-bond donors (Lipinski definition) is 1. The Morgan fingerprint density at radius 1 is 1.30 bits per heavy atom. The highest BCUT2D eigenvalue weighted by atomic mass is 35.5. The van der Waals surface area contributed by atoms with Crippen LogP contribution in [0.3, 0.4) is 0 Å². The molecular weight excluding hydrogens is 394 g/mol. The van der Waals surface area contributed by atoms with Gasteiger partial charge in [-0.25, -0.2) is 8.42 Å². The van der Waals surface area contributed by atoms with E-state index in [-0.39, 0.29) is 10.8 Å². The van der Waals surface area contributed by atoms with Crippen LogP contribution < -0.4 is 9.62 Å². The number of anilines is 2. The van der Waals surface area contributed by atoms with E-state index in [1.807, 2.05) is 0 Å². The molecule has 0 fully saturated rings. The molecule has 0 saturated heterocycles. The van der Waals surface area contributed by atoms with Crippen molar-refractivity contribution >= 4 is 44.6 Å². The minimum Gasteiger partial charge on any atom is -0.312 e. The normalized spacial score (nSPS) is 13.4. The fraction of sp³-hybridized carbons (Fsp3) is 0.235. The van der Waals surface area contributed by atoms with Gasteiger partial charge in [-0.15, -0.1) is 0 Å². The van der Waals surface area contributed by atoms with Gasteiger partial charge < -0.3 is 4.90 Å². The molecule has 0 aromatic heterocycles. The molecule has 10 heteroatoms. The summed E-state index contributed by atoms with van der Waals surface area (Å²) in [5.74, 6) is -0.0825. The van der Waals surface area contributed by atoms with Crippen LogP contribution in [0.25, 0.3) is 0 Å². The maximum Gasteiger partial charge on any atom is 0.289 e. The molecule has 0 atom stereocenters. The van der Waals surface area contributed by atoms with Gasteiger partial charge in [0.15, 0.2) is 0 Å². The molecule has 0 aliphatic carbocycles. The highest BCUT2D eigenvalue weighted by Crippen LogP contribution is 2.35. The van der Waals surface area contributed by atoms with Crippen molar-refractivity contribution in [3.05, 3.63) is 56.6 Å². The van der Waals surface area contributed by atoms with Crippen molar-refractivity contribution in [3.63, 3.8) is 0 Å². The summed E-state index contributed by atoms with van der Waals surface area (Å²) in [7, 11) is -4.14. The van der Waals surface area contributed by atoms with Crippen LogP contribution in [-0.4, -0.2) is 25.8 Å². The van der Waals surface area contributed by atoms with Gasteiger partial charge in [0.1, 0.15) is 9.92 Å². The Kier molecular flexibility index (Phi) is 4.83. The second-order valence-corrected chi connectivity index (χ2v) is 8.25. The number of hydrogen-bond acceptors (Lipinski definition) is 5. The fourth-order valence-corrected chi connectivity index (χ4v) is 4.76. The predicted octanol–water partition coefficient (Wildman–Crippen LogP) is 3.27. The van der Waals surface area contributed by atoms with Crippen molar-refractivity contribution in [2.24, 2.45) is 0 Å². The highest BCUT2D eigenvalue weighted by Gasteiger charge is 2.27. The average molecular weight is 410 g/mol. The lowest BCUT2D eigenvalue weighted by atomic mass is 10.1. The average Bonchev–Trinajstić information content (AvgIpc) is 2.99. The molecule has 3 rings (SSSR count). The van der Waals surface area contributed by atoms with Crippen LogP contribution in [0.1, 0.15) is 18.1 Å². The summed E-state index contributed by atoms with van der Waals surface area (Å²) in [6.07, 6.45) is 0.612. The topological polar surface area (TPSA) is 110 Å². The number of rotatable bonds is 4. The summed E-state index contributed by atoms with van der Waals surface area (Å²) >= 11 is 5.97. The van der Waals surface area contributed by atoms with Crippen LogP contribution in [0.5, 0.6) is 0 Å². The first-order valence-electron chi connectivity index (χ1n) is 7.98. The molecule has 1 amide bonds. The number of nitrogens with zero attached hydrogens (tertiary/aromatic N) is 2. The standard InChI is InChI=1S/C17H16ClN3O5S/c1-10-7-15(21(23)24)17(18)16(8-10)27(25,26)19-13-3-4-14-12(9-13)5-6-20(14)11(2)22/h3-4,7-9,19H,5-6H2,1-2H3. The quantitative estimate of drug-likeness (QED) is 0.615. The van der Waals surface area contributed by atoms with Gasteiger partial charge in [-0.1, -0.05) is 11.6 Å². The molecule has 2 aromatic carbocycles. The van der Waals surface area contributed by atoms with E-state index in [4.69, 9.17) is 11.6 Å². The molecule has 27 heavy (non-hydrogen) atoms. The molecule has 0 unspecified atom stereocenters. The van der Waals surface area contributed by atoms with Gasteiger partial charge in [0.05, 0.1) is 4.92 Å². The minimum atomic E-state index is -4.14. The molecule has 0 saturated carbocycles. The van der Waals surface area contributed by atoms with Gasteiger partial charge in [-0.2, -0.15) is 0 Å². The van der Waals surface area contributed by atoms with Gasteiger partial charge in [0, 0.05) is 30.9 Å². The first kappa shape index (κ1) is 19.1. The van der Waals surface area contributed by atoms with Crippen LogP contribution in [0.2, 0.25) is 5.02 Å². The van der Waals surface area contributed by atoms with E-state index in [1.165, 1.54) is 25.1 Å². The molecule has 0 radical (unpaired) electrons. The second-order valence-electron chi connectivity index (χ2n) is 6.22. The Morgan fingerprint density at radius 2 is 2.00 bits per heavy atom. The minimum absolute atomic E-state index is 0.0825. The van der Waals surface area contributed by atoms with Crippen molar-refractivity contribution < 1.29 is 18.1 Å². The third kappa shape index (κ3) is 3.60. The number of nitro benzene ring substituents is 1. The number of benzene rings is 2. The number of amides is 1. The number of halogens is 1. The zero-order valence-electron chi connectivity index (χ0n) is 14.5. The molecular formula is C17H16ClN3O5S. The largest absolute Gasteiger partial charge is 0.312 e. The van der Waals surface area contributed by atoms with Crippen LogP contribution >= 0.6 is 11.6 Å². The number of nitro groups is 1. The third-order valence-electron chi connectivity index (χ3n) is 4.26. The SMILES string of the molecule is CC(=O)N1CCc2cc(NS(=O)(=O)c3cc(C)cc([N+](=O)[O-])c3Cl)ccc21. The Hall–Kier alpha value is -2.65. The molecule has 1 N–H and O–H groups in total. The van der Waals surface area contributed by atoms with Crippen molar-refractivity contribution in [1.29, 1.82) is 0 Å². The smallest absolute Gasteiger partial charge is 0.289 e. The van der Waals surface area contributed by atoms with Crippen LogP contribution in [-0.2, 0) is 21.2 Å². The van der Waals surface area contributed by atoms with Crippen LogP contribution in [0.15, 0.2) is 35.2 Å². The van der Waals surface area contributed by atoms with Gasteiger partial charge in [0.25, 0.3) is 15.7 Å². The molecule has 1 aliphatic heterocycles. The van der Waals surface area contributed by atoms with Crippen molar-refractivity contribution in [2.45, 2.75) is 25.2 Å². The molecule has 0 bridgehead atoms. The summed E-state index contributed by atoms with van der Waals surface area (Å²) in [4.78, 5) is 23.2. The lowest BCUT2D eigenvalue weighted by Gasteiger charge is -2.15. The van der Waals surface area contributed by atoms with Gasteiger partial charge >= 0.3 is 0 Å². The Bertz CT molecular complexity index is 1070. The van der Waals surface area contributed by atoms with Crippen molar-refractivity contribution in [3.8, 4) is 0 Å². The summed E-state index contributed by atoms with van der Waals surface area (Å²) in [5, 5.41) is 10.7. The summed E-state index contributed by atoms with van der Waals surface area (Å²) in [6.45, 7) is 3.56. The number of fused-ring (bicyclic) bond motifs is 1. The molecule has 8 nitrogen and oxygen atoms in total. The third-order valence-corrected chi connectivity index (χ3v) is 6.17. The van der Waals surface area contributed by atoms with Crippen LogP contribution in [0, 0.1) is 17.0 Å². The molecule has 1 aliphatic rings. The van der Waals surface area contributed by atoms with E-state index in [0.29, 0.717) is 24.2 Å². The summed E-state index contributed by atoms with van der Waals surface area (Å²) in [6, 6.07) is 7.35. The Labute approximate surface area is 160 Å². The zero-order chi connectivity index (χ0) is 19.9. The van der Waals surface area contributed by atoms with Gasteiger partial charge in [-0.05, 0) is 48.7 Å². The number of aryl methyl sites for hydroxylation is 1. The lowest BCUT2D eigenvalue weighted by molar-refractivity contribution is -0.385. The molecule has 142 valence electrons. The van der Waals surface area contributed by atoms with E-state index in [1.54, 1.807) is 24.0 Å². The summed E-state index contributed by atoms with van der Waals surface area (Å²) in [5.41, 5.74) is 1.81. The van der Waals surface area contributed by atoms with Crippen molar-refractivity contribution in [1.82, 2.24) is 0 Å². The first-order chi connectivity index (χ1) is 12.6.